The van der Waals surface area contributed by atoms with E-state index in [1.807, 2.05) is 25.1 Å². The van der Waals surface area contributed by atoms with Gasteiger partial charge in [0.15, 0.2) is 5.13 Å². The zero-order valence-electron chi connectivity index (χ0n) is 16.1. The standard InChI is InChI=1S/C21H19N5O3S/c1-12(14-7-8-16-17(9-14)25-20(29)24-16)22-18(27)10-15-11-30-21(23-15)26-19(28)13-5-3-2-4-6-13/h2-9,11-12H,10H2,1H3,(H,22,27)(H,23,26,28)(H2,24,25,29). The molecule has 0 radical (unpaired) electrons. The molecule has 0 saturated heterocycles. The number of hydrogen-bond acceptors (Lipinski definition) is 5. The molecule has 0 spiro atoms. The number of imidazole rings is 1. The molecule has 9 heteroatoms. The molecule has 0 aliphatic heterocycles. The largest absolute Gasteiger partial charge is 0.349 e. The minimum atomic E-state index is -0.266. The van der Waals surface area contributed by atoms with E-state index in [0.29, 0.717) is 21.9 Å². The maximum atomic E-state index is 12.4. The molecule has 4 aromatic rings. The van der Waals surface area contributed by atoms with Crippen LogP contribution < -0.4 is 16.3 Å². The molecule has 0 fully saturated rings. The third-order valence-corrected chi connectivity index (χ3v) is 5.37. The zero-order valence-corrected chi connectivity index (χ0v) is 16.9. The summed E-state index contributed by atoms with van der Waals surface area (Å²) in [6, 6.07) is 14.1. The molecule has 0 aliphatic carbocycles. The van der Waals surface area contributed by atoms with Crippen molar-refractivity contribution in [1.29, 1.82) is 0 Å². The SMILES string of the molecule is CC(NC(=O)Cc1csc(NC(=O)c2ccccc2)n1)c1ccc2[nH]c(=O)[nH]c2c1. The Balaban J connectivity index is 1.35. The van der Waals surface area contributed by atoms with Gasteiger partial charge >= 0.3 is 5.69 Å². The Morgan fingerprint density at radius 3 is 2.67 bits per heavy atom. The van der Waals surface area contributed by atoms with Crippen LogP contribution in [0.1, 0.15) is 34.6 Å². The fraction of sp³-hybridized carbons (Fsp3) is 0.143. The van der Waals surface area contributed by atoms with E-state index in [4.69, 9.17) is 0 Å². The van der Waals surface area contributed by atoms with Crippen molar-refractivity contribution in [2.75, 3.05) is 5.32 Å². The number of benzene rings is 2. The average molecular weight is 421 g/mol. The highest BCUT2D eigenvalue weighted by Crippen LogP contribution is 2.19. The van der Waals surface area contributed by atoms with Crippen LogP contribution >= 0.6 is 11.3 Å². The van der Waals surface area contributed by atoms with Crippen LogP contribution in [0.25, 0.3) is 11.0 Å². The summed E-state index contributed by atoms with van der Waals surface area (Å²) in [4.78, 5) is 45.7. The molecule has 4 rings (SSSR count). The summed E-state index contributed by atoms with van der Waals surface area (Å²) < 4.78 is 0. The second kappa shape index (κ2) is 8.34. The van der Waals surface area contributed by atoms with E-state index in [2.05, 4.69) is 25.6 Å². The predicted octanol–water partition coefficient (Wildman–Crippen LogP) is 2.98. The van der Waals surface area contributed by atoms with Crippen molar-refractivity contribution < 1.29 is 9.59 Å². The molecule has 0 bridgehead atoms. The van der Waals surface area contributed by atoms with E-state index in [-0.39, 0.29) is 30.0 Å². The van der Waals surface area contributed by atoms with Crippen LogP contribution in [0.2, 0.25) is 0 Å². The first-order chi connectivity index (χ1) is 14.5. The lowest BCUT2D eigenvalue weighted by Crippen LogP contribution is -2.28. The Bertz CT molecular complexity index is 1260. The summed E-state index contributed by atoms with van der Waals surface area (Å²) in [5.41, 5.74) is 3.14. The van der Waals surface area contributed by atoms with Crippen LogP contribution in [0.3, 0.4) is 0 Å². The zero-order chi connectivity index (χ0) is 21.1. The molecule has 30 heavy (non-hydrogen) atoms. The van der Waals surface area contributed by atoms with Crippen LogP contribution in [-0.4, -0.2) is 26.8 Å². The molecule has 152 valence electrons. The van der Waals surface area contributed by atoms with Gasteiger partial charge in [-0.2, -0.15) is 0 Å². The molecule has 2 aromatic carbocycles. The van der Waals surface area contributed by atoms with E-state index in [1.54, 1.807) is 35.7 Å². The summed E-state index contributed by atoms with van der Waals surface area (Å²) >= 11 is 1.27. The van der Waals surface area contributed by atoms with Gasteiger partial charge in [-0.15, -0.1) is 11.3 Å². The first kappa shape index (κ1) is 19.6. The lowest BCUT2D eigenvalue weighted by molar-refractivity contribution is -0.121. The van der Waals surface area contributed by atoms with Crippen molar-refractivity contribution in [3.05, 3.63) is 81.2 Å². The van der Waals surface area contributed by atoms with Gasteiger partial charge < -0.3 is 15.3 Å². The van der Waals surface area contributed by atoms with Gasteiger partial charge in [0.1, 0.15) is 0 Å². The first-order valence-corrected chi connectivity index (χ1v) is 10.2. The third kappa shape index (κ3) is 4.47. The number of carbonyl (C=O) groups is 2. The van der Waals surface area contributed by atoms with Gasteiger partial charge in [0.25, 0.3) is 5.91 Å². The highest BCUT2D eigenvalue weighted by atomic mass is 32.1. The number of H-pyrrole nitrogens is 2. The number of nitrogens with one attached hydrogen (secondary N) is 4. The number of rotatable bonds is 6. The van der Waals surface area contributed by atoms with Gasteiger partial charge in [-0.05, 0) is 36.8 Å². The maximum Gasteiger partial charge on any atom is 0.323 e. The van der Waals surface area contributed by atoms with Crippen molar-refractivity contribution in [3.8, 4) is 0 Å². The molecule has 8 nitrogen and oxygen atoms in total. The summed E-state index contributed by atoms with van der Waals surface area (Å²) in [6.07, 6.45) is 0.102. The third-order valence-electron chi connectivity index (χ3n) is 4.57. The van der Waals surface area contributed by atoms with Gasteiger partial charge in [0.05, 0.1) is 29.2 Å². The van der Waals surface area contributed by atoms with E-state index in [0.717, 1.165) is 11.1 Å². The van der Waals surface area contributed by atoms with E-state index in [1.165, 1.54) is 11.3 Å². The molecule has 1 unspecified atom stereocenters. The smallest absolute Gasteiger partial charge is 0.323 e. The van der Waals surface area contributed by atoms with Gasteiger partial charge in [0, 0.05) is 10.9 Å². The molecular formula is C21H19N5O3S. The number of aromatic nitrogens is 3. The van der Waals surface area contributed by atoms with Gasteiger partial charge in [-0.1, -0.05) is 24.3 Å². The fourth-order valence-corrected chi connectivity index (χ4v) is 3.77. The van der Waals surface area contributed by atoms with Crippen molar-refractivity contribution >= 4 is 39.3 Å². The number of aromatic amines is 2. The molecular weight excluding hydrogens is 402 g/mol. The van der Waals surface area contributed by atoms with Gasteiger partial charge in [-0.3, -0.25) is 14.9 Å². The Labute approximate surface area is 175 Å². The highest BCUT2D eigenvalue weighted by molar-refractivity contribution is 7.14. The van der Waals surface area contributed by atoms with Crippen LogP contribution in [0.15, 0.2) is 58.7 Å². The van der Waals surface area contributed by atoms with Crippen LogP contribution in [0, 0.1) is 0 Å². The van der Waals surface area contributed by atoms with E-state index >= 15 is 0 Å². The molecule has 0 aliphatic rings. The van der Waals surface area contributed by atoms with Crippen molar-refractivity contribution in [2.45, 2.75) is 19.4 Å². The number of amides is 2. The summed E-state index contributed by atoms with van der Waals surface area (Å²) in [5, 5.41) is 7.87. The fourth-order valence-electron chi connectivity index (χ4n) is 3.06. The molecule has 2 heterocycles. The lowest BCUT2D eigenvalue weighted by Gasteiger charge is -2.14. The second-order valence-corrected chi connectivity index (χ2v) is 7.67. The molecule has 2 aromatic heterocycles. The number of fused-ring (bicyclic) bond motifs is 1. The molecule has 1 atom stereocenters. The van der Waals surface area contributed by atoms with Crippen LogP contribution in [-0.2, 0) is 11.2 Å². The summed E-state index contributed by atoms with van der Waals surface area (Å²) in [5.74, 6) is -0.427. The highest BCUT2D eigenvalue weighted by Gasteiger charge is 2.14. The summed E-state index contributed by atoms with van der Waals surface area (Å²) in [6.45, 7) is 1.87. The van der Waals surface area contributed by atoms with Crippen molar-refractivity contribution in [2.24, 2.45) is 0 Å². The normalized spacial score (nSPS) is 11.9. The molecule has 2 amide bonds. The Morgan fingerprint density at radius 1 is 1.10 bits per heavy atom. The maximum absolute atomic E-state index is 12.4. The first-order valence-electron chi connectivity index (χ1n) is 9.30. The van der Waals surface area contributed by atoms with Gasteiger partial charge in [0.2, 0.25) is 5.91 Å². The Morgan fingerprint density at radius 2 is 1.87 bits per heavy atom. The number of nitrogens with zero attached hydrogens (tertiary/aromatic N) is 1. The van der Waals surface area contributed by atoms with Crippen LogP contribution in [0.5, 0.6) is 0 Å². The van der Waals surface area contributed by atoms with Crippen molar-refractivity contribution in [3.63, 3.8) is 0 Å². The van der Waals surface area contributed by atoms with Crippen LogP contribution in [0.4, 0.5) is 5.13 Å². The van der Waals surface area contributed by atoms with Crippen molar-refractivity contribution in [1.82, 2.24) is 20.3 Å². The Kier molecular flexibility index (Phi) is 5.44. The molecule has 0 saturated carbocycles. The number of carbonyl (C=O) groups excluding carboxylic acids is 2. The number of thiazole rings is 1. The second-order valence-electron chi connectivity index (χ2n) is 6.81. The number of hydrogen-bond donors (Lipinski definition) is 4. The minimum absolute atomic E-state index is 0.102. The minimum Gasteiger partial charge on any atom is -0.349 e. The predicted molar refractivity (Wildman–Crippen MR) is 116 cm³/mol. The van der Waals surface area contributed by atoms with Gasteiger partial charge in [-0.25, -0.2) is 9.78 Å². The Hall–Kier alpha value is -3.72. The van der Waals surface area contributed by atoms with E-state index in [9.17, 15) is 14.4 Å². The monoisotopic (exact) mass is 421 g/mol. The van der Waals surface area contributed by atoms with E-state index < -0.39 is 0 Å². The number of anilines is 1. The topological polar surface area (TPSA) is 120 Å². The summed E-state index contributed by atoms with van der Waals surface area (Å²) in [7, 11) is 0. The quantitative estimate of drug-likeness (QED) is 0.382. The average Bonchev–Trinajstić information content (AvgIpc) is 3.32. The lowest BCUT2D eigenvalue weighted by atomic mass is 10.1. The molecule has 4 N–H and O–H groups in total.